The van der Waals surface area contributed by atoms with Crippen LogP contribution in [0.3, 0.4) is 0 Å². The highest BCUT2D eigenvalue weighted by Crippen LogP contribution is 2.17. The maximum atomic E-state index is 10.0. The summed E-state index contributed by atoms with van der Waals surface area (Å²) in [5.74, 6) is 0.0463. The van der Waals surface area contributed by atoms with Gasteiger partial charge in [-0.2, -0.15) is 0 Å². The first-order valence-electron chi connectivity index (χ1n) is 3.38. The molecule has 0 aromatic heterocycles. The molecule has 0 saturated carbocycles. The van der Waals surface area contributed by atoms with Crippen LogP contribution in [0.2, 0.25) is 0 Å². The quantitative estimate of drug-likeness (QED) is 0.401. The van der Waals surface area contributed by atoms with E-state index in [1.165, 1.54) is 0 Å². The van der Waals surface area contributed by atoms with Crippen molar-refractivity contribution in [1.82, 2.24) is 5.32 Å². The van der Waals surface area contributed by atoms with Crippen molar-refractivity contribution in [3.63, 3.8) is 0 Å². The molecule has 0 fully saturated rings. The third kappa shape index (κ3) is 6.83. The highest BCUT2D eigenvalue weighted by atomic mass is 16.4. The van der Waals surface area contributed by atoms with Gasteiger partial charge in [0.1, 0.15) is 5.84 Å². The van der Waals surface area contributed by atoms with Gasteiger partial charge >= 0.3 is 6.09 Å². The highest BCUT2D eigenvalue weighted by Gasteiger charge is 2.14. The van der Waals surface area contributed by atoms with Crippen molar-refractivity contribution in [3.05, 3.63) is 0 Å². The van der Waals surface area contributed by atoms with Crippen LogP contribution in [0.1, 0.15) is 27.2 Å². The zero-order valence-corrected chi connectivity index (χ0v) is 7.06. The summed E-state index contributed by atoms with van der Waals surface area (Å²) >= 11 is 0. The van der Waals surface area contributed by atoms with Gasteiger partial charge in [-0.3, -0.25) is 10.7 Å². The molecule has 0 unspecified atom stereocenters. The van der Waals surface area contributed by atoms with Crippen molar-refractivity contribution in [2.24, 2.45) is 5.41 Å². The number of amidine groups is 1. The minimum absolute atomic E-state index is 0.0421. The zero-order valence-electron chi connectivity index (χ0n) is 7.06. The number of rotatable bonds is 1. The standard InChI is InChI=1S/C7H14N2O2/c1-7(2,3)4-5(8)9-6(10)11/h4H2,1-3H3,(H2,8,9)(H,10,11). The van der Waals surface area contributed by atoms with E-state index >= 15 is 0 Å². The van der Waals surface area contributed by atoms with Gasteiger partial charge in [-0.25, -0.2) is 4.79 Å². The fourth-order valence-electron chi connectivity index (χ4n) is 0.704. The molecular formula is C7H14N2O2. The monoisotopic (exact) mass is 158 g/mol. The topological polar surface area (TPSA) is 73.2 Å². The molecule has 0 bridgehead atoms. The molecule has 3 N–H and O–H groups in total. The van der Waals surface area contributed by atoms with Gasteiger partial charge < -0.3 is 5.11 Å². The molecular weight excluding hydrogens is 144 g/mol. The van der Waals surface area contributed by atoms with Crippen molar-refractivity contribution < 1.29 is 9.90 Å². The molecule has 0 rings (SSSR count). The first-order chi connectivity index (χ1) is 4.81. The molecule has 4 nitrogen and oxygen atoms in total. The minimum Gasteiger partial charge on any atom is -0.465 e. The number of hydrogen-bond donors (Lipinski definition) is 3. The average Bonchev–Trinajstić information content (AvgIpc) is 1.53. The summed E-state index contributed by atoms with van der Waals surface area (Å²) in [4.78, 5) is 10.0. The van der Waals surface area contributed by atoms with Gasteiger partial charge in [0.2, 0.25) is 0 Å². The molecule has 0 saturated heterocycles. The molecule has 0 radical (unpaired) electrons. The van der Waals surface area contributed by atoms with E-state index in [1.54, 1.807) is 0 Å². The second-order valence-electron chi connectivity index (χ2n) is 3.65. The first-order valence-corrected chi connectivity index (χ1v) is 3.38. The van der Waals surface area contributed by atoms with Crippen LogP contribution in [0.4, 0.5) is 4.79 Å². The Balaban J connectivity index is 3.80. The lowest BCUT2D eigenvalue weighted by atomic mass is 9.92. The minimum atomic E-state index is -1.17. The summed E-state index contributed by atoms with van der Waals surface area (Å²) in [5.41, 5.74) is -0.0421. The van der Waals surface area contributed by atoms with Crippen molar-refractivity contribution in [2.75, 3.05) is 0 Å². The molecule has 4 heteroatoms. The third-order valence-electron chi connectivity index (χ3n) is 0.965. The van der Waals surface area contributed by atoms with Crippen LogP contribution in [-0.2, 0) is 0 Å². The molecule has 0 atom stereocenters. The van der Waals surface area contributed by atoms with Gasteiger partial charge in [0.25, 0.3) is 0 Å². The Kier molecular flexibility index (Phi) is 3.04. The third-order valence-corrected chi connectivity index (χ3v) is 0.965. The van der Waals surface area contributed by atoms with Gasteiger partial charge in [-0.05, 0) is 5.41 Å². The van der Waals surface area contributed by atoms with E-state index in [0.717, 1.165) is 0 Å². The smallest absolute Gasteiger partial charge is 0.410 e. The molecule has 0 aromatic carbocycles. The second kappa shape index (κ2) is 3.37. The maximum Gasteiger partial charge on any atom is 0.410 e. The highest BCUT2D eigenvalue weighted by molar-refractivity contribution is 5.92. The van der Waals surface area contributed by atoms with E-state index in [0.29, 0.717) is 6.42 Å². The number of hydrogen-bond acceptors (Lipinski definition) is 2. The van der Waals surface area contributed by atoms with Crippen LogP contribution in [-0.4, -0.2) is 17.0 Å². The fraction of sp³-hybridized carbons (Fsp3) is 0.714. The van der Waals surface area contributed by atoms with E-state index in [9.17, 15) is 4.79 Å². The molecule has 0 aliphatic carbocycles. The Hall–Kier alpha value is -1.06. The summed E-state index contributed by atoms with van der Waals surface area (Å²) in [6, 6.07) is 0. The van der Waals surface area contributed by atoms with Crippen molar-refractivity contribution >= 4 is 11.9 Å². The Bertz CT molecular complexity index is 170. The summed E-state index contributed by atoms with van der Waals surface area (Å²) in [6.07, 6.45) is -0.724. The van der Waals surface area contributed by atoms with Gasteiger partial charge in [-0.1, -0.05) is 20.8 Å². The number of carbonyl (C=O) groups is 1. The Morgan fingerprint density at radius 2 is 2.00 bits per heavy atom. The van der Waals surface area contributed by atoms with Crippen LogP contribution in [0.15, 0.2) is 0 Å². The zero-order chi connectivity index (χ0) is 9.07. The lowest BCUT2D eigenvalue weighted by Crippen LogP contribution is -2.31. The Labute approximate surface area is 66.1 Å². The van der Waals surface area contributed by atoms with E-state index in [1.807, 2.05) is 26.1 Å². The second-order valence-corrected chi connectivity index (χ2v) is 3.65. The van der Waals surface area contributed by atoms with Crippen molar-refractivity contribution in [1.29, 1.82) is 5.41 Å². The van der Waals surface area contributed by atoms with E-state index < -0.39 is 6.09 Å². The van der Waals surface area contributed by atoms with Crippen LogP contribution >= 0.6 is 0 Å². The van der Waals surface area contributed by atoms with Gasteiger partial charge in [0.15, 0.2) is 0 Å². The largest absolute Gasteiger partial charge is 0.465 e. The molecule has 64 valence electrons. The Morgan fingerprint density at radius 1 is 1.55 bits per heavy atom. The van der Waals surface area contributed by atoms with E-state index in [4.69, 9.17) is 10.5 Å². The summed E-state index contributed by atoms with van der Waals surface area (Å²) in [5, 5.41) is 17.4. The normalized spacial score (nSPS) is 10.8. The molecule has 0 heterocycles. The summed E-state index contributed by atoms with van der Waals surface area (Å²) < 4.78 is 0. The number of carboxylic acid groups (broad SMARTS) is 1. The fourth-order valence-corrected chi connectivity index (χ4v) is 0.704. The first kappa shape index (κ1) is 9.94. The van der Waals surface area contributed by atoms with Crippen molar-refractivity contribution in [3.8, 4) is 0 Å². The summed E-state index contributed by atoms with van der Waals surface area (Å²) in [6.45, 7) is 5.85. The maximum absolute atomic E-state index is 10.0. The SMILES string of the molecule is CC(C)(C)CC(=N)NC(=O)O. The van der Waals surface area contributed by atoms with Crippen LogP contribution in [0.25, 0.3) is 0 Å². The molecule has 0 aliphatic rings. The Morgan fingerprint density at radius 3 is 2.27 bits per heavy atom. The van der Waals surface area contributed by atoms with Crippen LogP contribution in [0, 0.1) is 10.8 Å². The average molecular weight is 158 g/mol. The molecule has 0 aliphatic heterocycles. The lowest BCUT2D eigenvalue weighted by Gasteiger charge is -2.17. The molecule has 0 aromatic rings. The predicted molar refractivity (Wildman–Crippen MR) is 43.0 cm³/mol. The van der Waals surface area contributed by atoms with E-state index in [2.05, 4.69) is 0 Å². The van der Waals surface area contributed by atoms with Crippen LogP contribution < -0.4 is 5.32 Å². The van der Waals surface area contributed by atoms with Gasteiger partial charge in [-0.15, -0.1) is 0 Å². The number of nitrogens with one attached hydrogen (secondary N) is 2. The summed E-state index contributed by atoms with van der Waals surface area (Å²) in [7, 11) is 0. The van der Waals surface area contributed by atoms with Gasteiger partial charge in [0.05, 0.1) is 0 Å². The van der Waals surface area contributed by atoms with E-state index in [-0.39, 0.29) is 11.3 Å². The predicted octanol–water partition coefficient (Wildman–Crippen LogP) is 1.67. The van der Waals surface area contributed by atoms with Crippen LogP contribution in [0.5, 0.6) is 0 Å². The molecule has 11 heavy (non-hydrogen) atoms. The molecule has 1 amide bonds. The van der Waals surface area contributed by atoms with Gasteiger partial charge in [0, 0.05) is 6.42 Å². The number of amides is 1. The molecule has 0 spiro atoms. The van der Waals surface area contributed by atoms with Crippen molar-refractivity contribution in [2.45, 2.75) is 27.2 Å². The lowest BCUT2D eigenvalue weighted by molar-refractivity contribution is 0.199.